The fraction of sp³-hybridized carbons (Fsp3) is 0.343. The number of pyridine rings is 1. The maximum atomic E-state index is 13.7. The minimum Gasteiger partial charge on any atom is -0.455 e. The summed E-state index contributed by atoms with van der Waals surface area (Å²) in [5.74, 6) is 2.16. The van der Waals surface area contributed by atoms with E-state index >= 15 is 0 Å². The second-order valence-corrected chi connectivity index (χ2v) is 12.6. The molecular weight excluding hydrogens is 507 g/mol. The molecule has 0 radical (unpaired) electrons. The number of aromatic nitrogens is 1. The first-order valence-corrected chi connectivity index (χ1v) is 14.0. The number of aryl methyl sites for hydroxylation is 3. The Kier molecular flexibility index (Phi) is 5.96. The number of fused-ring (bicyclic) bond motifs is 5. The molecule has 4 aromatic carbocycles. The summed E-state index contributed by atoms with van der Waals surface area (Å²) in [4.78, 5) is 0. The van der Waals surface area contributed by atoms with Crippen LogP contribution in [0, 0.1) is 25.2 Å². The summed E-state index contributed by atoms with van der Waals surface area (Å²) in [6.45, 7) is 11.3. The second-order valence-electron chi connectivity index (χ2n) is 12.6. The standard InChI is InChI=1S/C35H35F3NO/c1-19(2)14-28-24-11-8-20(3)15-26(24)21(4)30-32-31-25(12-13-39(32)7)27-16-22(18-34(5,6)35(36,37)38)9-10-23(27)17-29(31)40-33(28)30/h8-13,15-17,19H,14,18H2,1-7H3/q+1. The molecule has 1 aromatic heterocycles. The third-order valence-corrected chi connectivity index (χ3v) is 8.52. The van der Waals surface area contributed by atoms with Crippen LogP contribution in [-0.2, 0) is 19.9 Å². The summed E-state index contributed by atoms with van der Waals surface area (Å²) in [7, 11) is 2.06. The van der Waals surface area contributed by atoms with Crippen molar-refractivity contribution in [1.82, 2.24) is 0 Å². The molecule has 206 valence electrons. The predicted molar refractivity (Wildman–Crippen MR) is 157 cm³/mol. The van der Waals surface area contributed by atoms with Crippen molar-refractivity contribution in [1.29, 1.82) is 0 Å². The average molecular weight is 543 g/mol. The van der Waals surface area contributed by atoms with E-state index in [4.69, 9.17) is 4.74 Å². The molecule has 6 rings (SSSR count). The smallest absolute Gasteiger partial charge is 0.394 e. The van der Waals surface area contributed by atoms with Crippen molar-refractivity contribution in [3.8, 4) is 22.8 Å². The normalized spacial score (nSPS) is 13.4. The highest BCUT2D eigenvalue weighted by atomic mass is 19.4. The first-order chi connectivity index (χ1) is 18.8. The number of rotatable bonds is 4. The van der Waals surface area contributed by atoms with Crippen LogP contribution in [0.1, 0.15) is 49.9 Å². The van der Waals surface area contributed by atoms with Crippen LogP contribution in [0.3, 0.4) is 0 Å². The quantitative estimate of drug-likeness (QED) is 0.160. The van der Waals surface area contributed by atoms with Crippen LogP contribution in [-0.4, -0.2) is 6.18 Å². The second kappa shape index (κ2) is 8.95. The van der Waals surface area contributed by atoms with Crippen LogP contribution in [0.5, 0.6) is 11.5 Å². The van der Waals surface area contributed by atoms with E-state index in [1.807, 2.05) is 18.2 Å². The number of alkyl halides is 3. The number of halogens is 3. The zero-order chi connectivity index (χ0) is 28.7. The minimum atomic E-state index is -4.28. The van der Waals surface area contributed by atoms with E-state index in [-0.39, 0.29) is 6.42 Å². The van der Waals surface area contributed by atoms with Gasteiger partial charge >= 0.3 is 6.18 Å². The van der Waals surface area contributed by atoms with Gasteiger partial charge in [0.15, 0.2) is 6.20 Å². The Bertz CT molecular complexity index is 1850. The number of hydrogen-bond donors (Lipinski definition) is 0. The summed E-state index contributed by atoms with van der Waals surface area (Å²) in [6.07, 6.45) is -1.40. The maximum absolute atomic E-state index is 13.7. The lowest BCUT2D eigenvalue weighted by molar-refractivity contribution is -0.659. The van der Waals surface area contributed by atoms with Gasteiger partial charge in [0.25, 0.3) is 0 Å². The Morgan fingerprint density at radius 1 is 0.875 bits per heavy atom. The van der Waals surface area contributed by atoms with E-state index in [1.54, 1.807) is 0 Å². The van der Waals surface area contributed by atoms with Gasteiger partial charge < -0.3 is 4.74 Å². The lowest BCUT2D eigenvalue weighted by atomic mass is 9.83. The molecule has 1 aliphatic heterocycles. The molecular formula is C35H35F3NO+. The Morgan fingerprint density at radius 3 is 2.33 bits per heavy atom. The molecule has 0 saturated carbocycles. The highest BCUT2D eigenvalue weighted by Gasteiger charge is 2.47. The van der Waals surface area contributed by atoms with E-state index in [9.17, 15) is 13.2 Å². The molecule has 0 N–H and O–H groups in total. The van der Waals surface area contributed by atoms with Crippen molar-refractivity contribution >= 4 is 32.3 Å². The summed E-state index contributed by atoms with van der Waals surface area (Å²) in [5, 5.41) is 6.36. The third kappa shape index (κ3) is 4.05. The van der Waals surface area contributed by atoms with E-state index in [0.717, 1.165) is 50.7 Å². The summed E-state index contributed by atoms with van der Waals surface area (Å²) >= 11 is 0. The SMILES string of the molecule is Cc1ccc2c(CC(C)C)c3c(c(C)c2c1)-c1c2c(cc4ccc(CC(C)(C)C(F)(F)F)cc4c2cc[n+]1C)O3. The molecule has 0 fully saturated rings. The van der Waals surface area contributed by atoms with Crippen molar-refractivity contribution in [2.24, 2.45) is 18.4 Å². The lowest BCUT2D eigenvalue weighted by Gasteiger charge is -2.28. The molecule has 0 unspecified atom stereocenters. The zero-order valence-electron chi connectivity index (χ0n) is 24.2. The lowest BCUT2D eigenvalue weighted by Crippen LogP contribution is -2.34. The van der Waals surface area contributed by atoms with Gasteiger partial charge in [0.05, 0.1) is 16.4 Å². The highest BCUT2D eigenvalue weighted by molar-refractivity contribution is 6.16. The minimum absolute atomic E-state index is 0.0779. The Hall–Kier alpha value is -3.60. The van der Waals surface area contributed by atoms with Crippen LogP contribution in [0.25, 0.3) is 43.6 Å². The van der Waals surface area contributed by atoms with Crippen LogP contribution in [0.2, 0.25) is 0 Å². The molecule has 2 heterocycles. The van der Waals surface area contributed by atoms with Gasteiger partial charge in [-0.2, -0.15) is 13.2 Å². The van der Waals surface area contributed by atoms with Gasteiger partial charge in [-0.05, 0) is 71.3 Å². The topological polar surface area (TPSA) is 13.1 Å². The van der Waals surface area contributed by atoms with Crippen LogP contribution in [0.15, 0.2) is 54.7 Å². The van der Waals surface area contributed by atoms with Crippen LogP contribution < -0.4 is 9.30 Å². The van der Waals surface area contributed by atoms with E-state index in [2.05, 4.69) is 75.8 Å². The summed E-state index contributed by atoms with van der Waals surface area (Å²) in [6, 6.07) is 16.5. The molecule has 0 atom stereocenters. The number of ether oxygens (including phenoxy) is 1. The van der Waals surface area contributed by atoms with Gasteiger partial charge in [-0.25, -0.2) is 4.57 Å². The van der Waals surface area contributed by atoms with E-state index in [0.29, 0.717) is 11.5 Å². The highest BCUT2D eigenvalue weighted by Crippen LogP contribution is 2.52. The Morgan fingerprint density at radius 2 is 1.62 bits per heavy atom. The largest absolute Gasteiger partial charge is 0.455 e. The molecule has 1 aliphatic rings. The number of benzene rings is 4. The van der Waals surface area contributed by atoms with Crippen molar-refractivity contribution in [2.75, 3.05) is 0 Å². The zero-order valence-corrected chi connectivity index (χ0v) is 24.2. The molecule has 0 bridgehead atoms. The average Bonchev–Trinajstić information content (AvgIpc) is 2.86. The molecule has 2 nitrogen and oxygen atoms in total. The summed E-state index contributed by atoms with van der Waals surface area (Å²) < 4.78 is 50.1. The summed E-state index contributed by atoms with van der Waals surface area (Å²) in [5.41, 5.74) is 4.66. The Labute approximate surface area is 233 Å². The molecule has 0 amide bonds. The van der Waals surface area contributed by atoms with Crippen molar-refractivity contribution in [3.63, 3.8) is 0 Å². The van der Waals surface area contributed by atoms with Crippen LogP contribution in [0.4, 0.5) is 13.2 Å². The van der Waals surface area contributed by atoms with E-state index < -0.39 is 11.6 Å². The van der Waals surface area contributed by atoms with E-state index in [1.165, 1.54) is 41.3 Å². The fourth-order valence-electron chi connectivity index (χ4n) is 6.33. The monoisotopic (exact) mass is 542 g/mol. The van der Waals surface area contributed by atoms with Crippen molar-refractivity contribution < 1.29 is 22.5 Å². The molecule has 0 aliphatic carbocycles. The molecule has 5 heteroatoms. The van der Waals surface area contributed by atoms with Gasteiger partial charge in [0.1, 0.15) is 18.5 Å². The van der Waals surface area contributed by atoms with Gasteiger partial charge in [0, 0.05) is 17.0 Å². The first-order valence-electron chi connectivity index (χ1n) is 14.0. The van der Waals surface area contributed by atoms with Crippen molar-refractivity contribution in [2.45, 2.75) is 60.6 Å². The first kappa shape index (κ1) is 26.6. The van der Waals surface area contributed by atoms with Gasteiger partial charge in [-0.3, -0.25) is 0 Å². The number of hydrogen-bond acceptors (Lipinski definition) is 1. The maximum Gasteiger partial charge on any atom is 0.394 e. The third-order valence-electron chi connectivity index (χ3n) is 8.52. The van der Waals surface area contributed by atoms with Crippen LogP contribution >= 0.6 is 0 Å². The predicted octanol–water partition coefficient (Wildman–Crippen LogP) is 9.69. The molecule has 40 heavy (non-hydrogen) atoms. The molecule has 0 saturated heterocycles. The van der Waals surface area contributed by atoms with Gasteiger partial charge in [0.2, 0.25) is 5.69 Å². The molecule has 5 aromatic rings. The Balaban J connectivity index is 1.67. The van der Waals surface area contributed by atoms with Gasteiger partial charge in [-0.15, -0.1) is 0 Å². The molecule has 0 spiro atoms. The van der Waals surface area contributed by atoms with Crippen molar-refractivity contribution in [3.05, 3.63) is 77.0 Å². The van der Waals surface area contributed by atoms with Gasteiger partial charge in [-0.1, -0.05) is 69.7 Å². The fourth-order valence-corrected chi connectivity index (χ4v) is 6.33. The number of nitrogens with zero attached hydrogens (tertiary/aromatic N) is 1.